The predicted molar refractivity (Wildman–Crippen MR) is 88.5 cm³/mol. The molecule has 1 rings (SSSR count). The van der Waals surface area contributed by atoms with E-state index in [2.05, 4.69) is 6.92 Å². The molecule has 0 atom stereocenters. The summed E-state index contributed by atoms with van der Waals surface area (Å²) in [5.41, 5.74) is -0.210. The maximum atomic E-state index is 13.4. The number of halogens is 2. The lowest BCUT2D eigenvalue weighted by Gasteiger charge is -2.06. The Morgan fingerprint density at radius 2 is 1.48 bits per heavy atom. The zero-order valence-corrected chi connectivity index (χ0v) is 14.1. The number of hydrogen-bond acceptors (Lipinski definition) is 2. The molecule has 0 spiro atoms. The van der Waals surface area contributed by atoms with Crippen molar-refractivity contribution in [2.24, 2.45) is 0 Å². The normalized spacial score (nSPS) is 10.7. The van der Waals surface area contributed by atoms with Crippen molar-refractivity contribution >= 4 is 5.97 Å². The first-order valence-corrected chi connectivity index (χ1v) is 8.77. The summed E-state index contributed by atoms with van der Waals surface area (Å²) in [7, 11) is 0. The number of esters is 1. The maximum Gasteiger partial charge on any atom is 0.341 e. The fraction of sp³-hybridized carbons (Fsp3) is 0.632. The molecule has 0 amide bonds. The van der Waals surface area contributed by atoms with Gasteiger partial charge in [-0.3, -0.25) is 0 Å². The fourth-order valence-electron chi connectivity index (χ4n) is 2.49. The third-order valence-electron chi connectivity index (χ3n) is 3.88. The zero-order valence-electron chi connectivity index (χ0n) is 14.1. The molecule has 1 aromatic rings. The molecule has 0 N–H and O–H groups in total. The van der Waals surface area contributed by atoms with E-state index in [0.29, 0.717) is 6.07 Å². The van der Waals surface area contributed by atoms with Crippen LogP contribution in [0.4, 0.5) is 8.78 Å². The quantitative estimate of drug-likeness (QED) is 0.345. The van der Waals surface area contributed by atoms with Crippen LogP contribution in [0, 0.1) is 11.6 Å². The van der Waals surface area contributed by atoms with Crippen LogP contribution in [0.3, 0.4) is 0 Å². The van der Waals surface area contributed by atoms with E-state index in [9.17, 15) is 13.6 Å². The van der Waals surface area contributed by atoms with Crippen LogP contribution in [0.2, 0.25) is 0 Å². The minimum atomic E-state index is -0.877. The van der Waals surface area contributed by atoms with Gasteiger partial charge in [-0.1, -0.05) is 64.7 Å². The molecule has 0 saturated carbocycles. The highest BCUT2D eigenvalue weighted by molar-refractivity contribution is 5.89. The lowest BCUT2D eigenvalue weighted by atomic mass is 10.1. The Labute approximate surface area is 138 Å². The molecule has 0 bridgehead atoms. The van der Waals surface area contributed by atoms with E-state index in [1.165, 1.54) is 44.9 Å². The summed E-state index contributed by atoms with van der Waals surface area (Å²) in [6.45, 7) is 2.50. The van der Waals surface area contributed by atoms with Crippen LogP contribution in [0.15, 0.2) is 18.2 Å². The van der Waals surface area contributed by atoms with Crippen molar-refractivity contribution in [2.75, 3.05) is 6.61 Å². The largest absolute Gasteiger partial charge is 0.462 e. The first kappa shape index (κ1) is 19.6. The van der Waals surface area contributed by atoms with E-state index >= 15 is 0 Å². The van der Waals surface area contributed by atoms with E-state index in [0.717, 1.165) is 31.4 Å². The summed E-state index contributed by atoms with van der Waals surface area (Å²) >= 11 is 0. The van der Waals surface area contributed by atoms with Gasteiger partial charge in [-0.2, -0.15) is 0 Å². The summed E-state index contributed by atoms with van der Waals surface area (Å²) in [6, 6.07) is 2.86. The van der Waals surface area contributed by atoms with Gasteiger partial charge in [-0.25, -0.2) is 13.6 Å². The van der Waals surface area contributed by atoms with Gasteiger partial charge >= 0.3 is 5.97 Å². The van der Waals surface area contributed by atoms with Crippen molar-refractivity contribution < 1.29 is 18.3 Å². The number of carbonyl (C=O) groups is 1. The van der Waals surface area contributed by atoms with Gasteiger partial charge in [0.1, 0.15) is 11.6 Å². The first-order valence-electron chi connectivity index (χ1n) is 8.77. The molecule has 0 unspecified atom stereocenters. The lowest BCUT2D eigenvalue weighted by molar-refractivity contribution is 0.0492. The minimum Gasteiger partial charge on any atom is -0.462 e. The van der Waals surface area contributed by atoms with Gasteiger partial charge in [0.2, 0.25) is 0 Å². The molecule has 4 heteroatoms. The van der Waals surface area contributed by atoms with Gasteiger partial charge in [0.25, 0.3) is 0 Å². The molecule has 130 valence electrons. The standard InChI is InChI=1S/C19H28F2O2/c1-2-3-4-5-6-7-8-9-10-11-14-23-19(22)17-13-12-16(20)15-18(17)21/h12-13,15H,2-11,14H2,1H3. The third-order valence-corrected chi connectivity index (χ3v) is 3.88. The topological polar surface area (TPSA) is 26.3 Å². The molecule has 0 aliphatic heterocycles. The molecule has 0 fully saturated rings. The van der Waals surface area contributed by atoms with Crippen molar-refractivity contribution in [3.63, 3.8) is 0 Å². The summed E-state index contributed by atoms with van der Waals surface area (Å²) < 4.78 is 31.2. The summed E-state index contributed by atoms with van der Waals surface area (Å²) in [6.07, 6.45) is 12.0. The first-order chi connectivity index (χ1) is 11.1. The summed E-state index contributed by atoms with van der Waals surface area (Å²) in [4.78, 5) is 11.7. The van der Waals surface area contributed by atoms with E-state index in [-0.39, 0.29) is 12.2 Å². The monoisotopic (exact) mass is 326 g/mol. The van der Waals surface area contributed by atoms with E-state index in [1.807, 2.05) is 0 Å². The van der Waals surface area contributed by atoms with Crippen LogP contribution in [0.5, 0.6) is 0 Å². The highest BCUT2D eigenvalue weighted by Crippen LogP contribution is 2.12. The van der Waals surface area contributed by atoms with Crippen molar-refractivity contribution in [3.05, 3.63) is 35.4 Å². The van der Waals surface area contributed by atoms with Crippen LogP contribution in [-0.4, -0.2) is 12.6 Å². The highest BCUT2D eigenvalue weighted by atomic mass is 19.1. The minimum absolute atomic E-state index is 0.210. The third kappa shape index (κ3) is 8.68. The Kier molecular flexibility index (Phi) is 10.3. The molecule has 2 nitrogen and oxygen atoms in total. The number of unbranched alkanes of at least 4 members (excludes halogenated alkanes) is 9. The number of benzene rings is 1. The van der Waals surface area contributed by atoms with Crippen LogP contribution < -0.4 is 0 Å². The lowest BCUT2D eigenvalue weighted by Crippen LogP contribution is -2.08. The SMILES string of the molecule is CCCCCCCCCCCCOC(=O)c1ccc(F)cc1F. The maximum absolute atomic E-state index is 13.4. The van der Waals surface area contributed by atoms with E-state index in [4.69, 9.17) is 4.74 Å². The average Bonchev–Trinajstić information content (AvgIpc) is 2.52. The molecular weight excluding hydrogens is 298 g/mol. The molecular formula is C19H28F2O2. The molecule has 0 saturated heterocycles. The molecule has 0 heterocycles. The number of carbonyl (C=O) groups excluding carboxylic acids is 1. The van der Waals surface area contributed by atoms with Crippen LogP contribution >= 0.6 is 0 Å². The summed E-state index contributed by atoms with van der Waals surface area (Å²) in [5, 5.41) is 0. The Morgan fingerprint density at radius 3 is 2.04 bits per heavy atom. The zero-order chi connectivity index (χ0) is 16.9. The Hall–Kier alpha value is -1.45. The average molecular weight is 326 g/mol. The van der Waals surface area contributed by atoms with Gasteiger partial charge < -0.3 is 4.74 Å². The Morgan fingerprint density at radius 1 is 0.913 bits per heavy atom. The number of ether oxygens (including phenoxy) is 1. The number of rotatable bonds is 12. The van der Waals surface area contributed by atoms with Crippen molar-refractivity contribution in [1.82, 2.24) is 0 Å². The smallest absolute Gasteiger partial charge is 0.341 e. The predicted octanol–water partition coefficient (Wildman–Crippen LogP) is 6.04. The molecule has 23 heavy (non-hydrogen) atoms. The molecule has 0 aliphatic carbocycles. The molecule has 1 aromatic carbocycles. The van der Waals surface area contributed by atoms with Crippen LogP contribution in [0.25, 0.3) is 0 Å². The van der Waals surface area contributed by atoms with Crippen molar-refractivity contribution in [1.29, 1.82) is 0 Å². The Bertz CT molecular complexity index is 461. The van der Waals surface area contributed by atoms with Crippen LogP contribution in [0.1, 0.15) is 81.5 Å². The van der Waals surface area contributed by atoms with Gasteiger partial charge in [0.15, 0.2) is 0 Å². The van der Waals surface area contributed by atoms with E-state index in [1.54, 1.807) is 0 Å². The molecule has 0 aromatic heterocycles. The summed E-state index contributed by atoms with van der Waals surface area (Å²) in [5.74, 6) is -2.30. The second-order valence-electron chi connectivity index (χ2n) is 5.94. The van der Waals surface area contributed by atoms with Gasteiger partial charge in [0.05, 0.1) is 12.2 Å². The van der Waals surface area contributed by atoms with Gasteiger partial charge in [-0.05, 0) is 18.6 Å². The second-order valence-corrected chi connectivity index (χ2v) is 5.94. The second kappa shape index (κ2) is 12.0. The van der Waals surface area contributed by atoms with Crippen LogP contribution in [-0.2, 0) is 4.74 Å². The molecule has 0 radical (unpaired) electrons. The van der Waals surface area contributed by atoms with Gasteiger partial charge in [0, 0.05) is 6.07 Å². The molecule has 0 aliphatic rings. The van der Waals surface area contributed by atoms with Crippen molar-refractivity contribution in [2.45, 2.75) is 71.1 Å². The Balaban J connectivity index is 2.01. The fourth-order valence-corrected chi connectivity index (χ4v) is 2.49. The number of hydrogen-bond donors (Lipinski definition) is 0. The van der Waals surface area contributed by atoms with Gasteiger partial charge in [-0.15, -0.1) is 0 Å². The highest BCUT2D eigenvalue weighted by Gasteiger charge is 2.13. The van der Waals surface area contributed by atoms with E-state index < -0.39 is 17.6 Å². The van der Waals surface area contributed by atoms with Crippen molar-refractivity contribution in [3.8, 4) is 0 Å².